The van der Waals surface area contributed by atoms with Gasteiger partial charge in [-0.2, -0.15) is 4.98 Å². The van der Waals surface area contributed by atoms with Crippen molar-refractivity contribution in [1.82, 2.24) is 20.4 Å². The first kappa shape index (κ1) is 19.4. The van der Waals surface area contributed by atoms with Crippen molar-refractivity contribution < 1.29 is 4.52 Å². The Balaban J connectivity index is 1.81. The molecule has 0 spiro atoms. The van der Waals surface area contributed by atoms with Crippen LogP contribution in [0.3, 0.4) is 0 Å². The zero-order chi connectivity index (χ0) is 20.4. The van der Waals surface area contributed by atoms with E-state index in [1.807, 2.05) is 60.4 Å². The minimum absolute atomic E-state index is 0.191. The molecule has 0 bridgehead atoms. The lowest BCUT2D eigenvalue weighted by molar-refractivity contribution is 0.399. The number of benzene rings is 2. The topological polar surface area (TPSA) is 54.2 Å². The monoisotopic (exact) mass is 422 g/mol. The Hall–Kier alpha value is -2.96. The van der Waals surface area contributed by atoms with Crippen molar-refractivity contribution in [3.05, 3.63) is 89.4 Å². The van der Waals surface area contributed by atoms with Gasteiger partial charge in [0.2, 0.25) is 5.82 Å². The molecule has 0 saturated carbocycles. The van der Waals surface area contributed by atoms with Crippen molar-refractivity contribution in [1.29, 1.82) is 0 Å². The van der Waals surface area contributed by atoms with Gasteiger partial charge < -0.3 is 14.7 Å². The van der Waals surface area contributed by atoms with E-state index >= 15 is 0 Å². The molecule has 0 radical (unpaired) electrons. The quantitative estimate of drug-likeness (QED) is 0.448. The van der Waals surface area contributed by atoms with Crippen LogP contribution in [-0.2, 0) is 0 Å². The normalized spacial score (nSPS) is 16.7. The molecular formula is C22H19ClN4OS. The molecule has 2 heterocycles. The highest BCUT2D eigenvalue weighted by molar-refractivity contribution is 7.80. The first-order valence-electron chi connectivity index (χ1n) is 9.13. The van der Waals surface area contributed by atoms with Gasteiger partial charge in [0.1, 0.15) is 0 Å². The highest BCUT2D eigenvalue weighted by Crippen LogP contribution is 2.37. The Bertz CT molecular complexity index is 1080. The molecule has 0 fully saturated rings. The Morgan fingerprint density at radius 3 is 2.62 bits per heavy atom. The molecule has 7 heteroatoms. The van der Waals surface area contributed by atoms with Crippen LogP contribution in [0.4, 0.5) is 0 Å². The van der Waals surface area contributed by atoms with Gasteiger partial charge in [0.25, 0.3) is 5.89 Å². The predicted molar refractivity (Wildman–Crippen MR) is 119 cm³/mol. The van der Waals surface area contributed by atoms with Crippen molar-refractivity contribution in [2.45, 2.75) is 13.0 Å². The van der Waals surface area contributed by atoms with Crippen molar-refractivity contribution in [3.8, 4) is 11.4 Å². The second-order valence-electron chi connectivity index (χ2n) is 6.62. The maximum Gasteiger partial charge on any atom is 0.258 e. The average Bonchev–Trinajstić information content (AvgIpc) is 3.21. The Labute approximate surface area is 179 Å². The minimum atomic E-state index is -0.191. The predicted octanol–water partition coefficient (Wildman–Crippen LogP) is 5.24. The summed E-state index contributed by atoms with van der Waals surface area (Å²) in [6, 6.07) is 17.2. The zero-order valence-corrected chi connectivity index (χ0v) is 17.4. The molecule has 1 aliphatic heterocycles. The number of rotatable bonds is 5. The molecule has 1 aliphatic rings. The number of nitrogens with zero attached hydrogens (tertiary/aromatic N) is 3. The maximum absolute atomic E-state index is 5.99. The van der Waals surface area contributed by atoms with E-state index in [-0.39, 0.29) is 6.04 Å². The number of nitrogens with one attached hydrogen (secondary N) is 1. The first-order chi connectivity index (χ1) is 14.1. The fourth-order valence-electron chi connectivity index (χ4n) is 3.35. The van der Waals surface area contributed by atoms with E-state index in [1.165, 1.54) is 0 Å². The van der Waals surface area contributed by atoms with E-state index in [2.05, 4.69) is 22.0 Å². The van der Waals surface area contributed by atoms with Crippen LogP contribution < -0.4 is 5.32 Å². The van der Waals surface area contributed by atoms with E-state index in [0.29, 0.717) is 28.4 Å². The van der Waals surface area contributed by atoms with E-state index in [4.69, 9.17) is 28.3 Å². The molecule has 2 aromatic carbocycles. The molecule has 29 heavy (non-hydrogen) atoms. The lowest BCUT2D eigenvalue weighted by atomic mass is 9.95. The molecule has 1 aromatic heterocycles. The van der Waals surface area contributed by atoms with Gasteiger partial charge in [-0.1, -0.05) is 53.2 Å². The molecule has 0 amide bonds. The third-order valence-electron chi connectivity index (χ3n) is 4.80. The fourth-order valence-corrected chi connectivity index (χ4v) is 3.81. The lowest BCUT2D eigenvalue weighted by Gasteiger charge is -2.36. The number of aromatic nitrogens is 2. The fraction of sp³-hybridized carbons (Fsp3) is 0.136. The molecule has 3 aromatic rings. The van der Waals surface area contributed by atoms with E-state index in [0.717, 1.165) is 22.4 Å². The summed E-state index contributed by atoms with van der Waals surface area (Å²) in [6.07, 6.45) is 1.81. The van der Waals surface area contributed by atoms with Gasteiger partial charge in [-0.25, -0.2) is 0 Å². The smallest absolute Gasteiger partial charge is 0.258 e. The van der Waals surface area contributed by atoms with E-state index in [1.54, 1.807) is 12.1 Å². The molecule has 1 atom stereocenters. The van der Waals surface area contributed by atoms with Gasteiger partial charge in [0.05, 0.1) is 11.6 Å². The van der Waals surface area contributed by atoms with E-state index in [9.17, 15) is 0 Å². The second-order valence-corrected chi connectivity index (χ2v) is 7.44. The van der Waals surface area contributed by atoms with Crippen LogP contribution in [0.25, 0.3) is 17.0 Å². The lowest BCUT2D eigenvalue weighted by Crippen LogP contribution is -2.45. The number of allylic oxidation sites excluding steroid dienone is 1. The van der Waals surface area contributed by atoms with Crippen molar-refractivity contribution in [2.24, 2.45) is 0 Å². The average molecular weight is 423 g/mol. The van der Waals surface area contributed by atoms with Crippen LogP contribution in [0, 0.1) is 0 Å². The Morgan fingerprint density at radius 1 is 1.21 bits per heavy atom. The summed E-state index contributed by atoms with van der Waals surface area (Å²) < 4.78 is 5.68. The number of thiocarbonyl (C=S) groups is 1. The maximum atomic E-state index is 5.99. The number of hydrogen-bond acceptors (Lipinski definition) is 4. The number of halogens is 1. The summed E-state index contributed by atoms with van der Waals surface area (Å²) in [4.78, 5) is 6.64. The van der Waals surface area contributed by atoms with Crippen molar-refractivity contribution >= 4 is 34.5 Å². The van der Waals surface area contributed by atoms with Gasteiger partial charge in [-0.3, -0.25) is 0 Å². The van der Waals surface area contributed by atoms with Gasteiger partial charge in [0, 0.05) is 22.8 Å². The molecule has 1 unspecified atom stereocenters. The summed E-state index contributed by atoms with van der Waals surface area (Å²) in [6.45, 7) is 6.43. The van der Waals surface area contributed by atoms with Gasteiger partial charge in [-0.05, 0) is 49.0 Å². The van der Waals surface area contributed by atoms with Crippen molar-refractivity contribution in [3.63, 3.8) is 0 Å². The molecule has 1 N–H and O–H groups in total. The summed E-state index contributed by atoms with van der Waals surface area (Å²) in [5, 5.41) is 8.88. The highest BCUT2D eigenvalue weighted by Gasteiger charge is 2.33. The zero-order valence-electron chi connectivity index (χ0n) is 15.8. The van der Waals surface area contributed by atoms with Crippen LogP contribution in [0.5, 0.6) is 0 Å². The summed E-state index contributed by atoms with van der Waals surface area (Å²) in [5.74, 6) is 0.956. The van der Waals surface area contributed by atoms with E-state index < -0.39 is 0 Å². The van der Waals surface area contributed by atoms with Crippen molar-refractivity contribution in [2.75, 3.05) is 6.54 Å². The second kappa shape index (κ2) is 8.19. The largest absolute Gasteiger partial charge is 0.351 e. The Morgan fingerprint density at radius 2 is 1.93 bits per heavy atom. The molecule has 0 aliphatic carbocycles. The molecular weight excluding hydrogens is 404 g/mol. The van der Waals surface area contributed by atoms with Crippen LogP contribution in [-0.4, -0.2) is 26.7 Å². The third kappa shape index (κ3) is 3.81. The highest BCUT2D eigenvalue weighted by atomic mass is 35.5. The molecule has 146 valence electrons. The summed E-state index contributed by atoms with van der Waals surface area (Å²) in [7, 11) is 0. The number of hydrogen-bond donors (Lipinski definition) is 1. The summed E-state index contributed by atoms with van der Waals surface area (Å²) in [5.41, 5.74) is 3.74. The van der Waals surface area contributed by atoms with Gasteiger partial charge in [0.15, 0.2) is 5.11 Å². The minimum Gasteiger partial charge on any atom is -0.351 e. The van der Waals surface area contributed by atoms with Gasteiger partial charge >= 0.3 is 0 Å². The SMILES string of the molecule is C=CCN1C(=S)NC(c2ccccc2)C(c2nc(-c3ccc(Cl)cc3)no2)=C1C. The molecule has 5 nitrogen and oxygen atoms in total. The summed E-state index contributed by atoms with van der Waals surface area (Å²) >= 11 is 11.6. The van der Waals surface area contributed by atoms with Crippen LogP contribution in [0.15, 0.2) is 77.5 Å². The molecule has 0 saturated heterocycles. The standard InChI is InChI=1S/C22H19ClN4OS/c1-3-13-27-14(2)18(19(24-22(27)29)15-7-5-4-6-8-15)21-25-20(26-28-21)16-9-11-17(23)12-10-16/h3-12,19H,1,13H2,2H3,(H,24,29). The Kier molecular flexibility index (Phi) is 5.47. The van der Waals surface area contributed by atoms with Crippen LogP contribution >= 0.6 is 23.8 Å². The molecule has 4 rings (SSSR count). The first-order valence-corrected chi connectivity index (χ1v) is 9.91. The van der Waals surface area contributed by atoms with Crippen LogP contribution in [0.2, 0.25) is 5.02 Å². The van der Waals surface area contributed by atoms with Gasteiger partial charge in [-0.15, -0.1) is 6.58 Å². The third-order valence-corrected chi connectivity index (χ3v) is 5.39. The van der Waals surface area contributed by atoms with Crippen LogP contribution in [0.1, 0.15) is 24.4 Å².